The summed E-state index contributed by atoms with van der Waals surface area (Å²) in [6, 6.07) is 25.4. The topological polar surface area (TPSA) is 78.3 Å². The van der Waals surface area contributed by atoms with Gasteiger partial charge in [0.2, 0.25) is 5.91 Å². The summed E-state index contributed by atoms with van der Waals surface area (Å²) in [4.78, 5) is 12.4. The maximum Gasteiger partial charge on any atom is 0.230 e. The highest BCUT2D eigenvalue weighted by Crippen LogP contribution is 2.30. The fraction of sp³-hybridized carbons (Fsp3) is 0.222. The van der Waals surface area contributed by atoms with E-state index in [1.807, 2.05) is 59.2 Å². The Morgan fingerprint density at radius 3 is 2.53 bits per heavy atom. The predicted molar refractivity (Wildman–Crippen MR) is 142 cm³/mol. The molecule has 0 atom stereocenters. The van der Waals surface area contributed by atoms with Gasteiger partial charge >= 0.3 is 0 Å². The van der Waals surface area contributed by atoms with Crippen molar-refractivity contribution < 1.29 is 14.3 Å². The van der Waals surface area contributed by atoms with Crippen LogP contribution in [0.25, 0.3) is 11.1 Å². The molecule has 3 aromatic carbocycles. The lowest BCUT2D eigenvalue weighted by Crippen LogP contribution is -2.24. The van der Waals surface area contributed by atoms with Gasteiger partial charge in [0.25, 0.3) is 0 Å². The van der Waals surface area contributed by atoms with Gasteiger partial charge in [-0.05, 0) is 29.3 Å². The van der Waals surface area contributed by atoms with Gasteiger partial charge in [-0.2, -0.15) is 0 Å². The summed E-state index contributed by atoms with van der Waals surface area (Å²) < 4.78 is 13.4. The molecule has 0 unspecified atom stereocenters. The van der Waals surface area contributed by atoms with Crippen LogP contribution in [0.5, 0.6) is 5.75 Å². The zero-order chi connectivity index (χ0) is 25.2. The number of para-hydroxylation sites is 1. The van der Waals surface area contributed by atoms with E-state index in [1.54, 1.807) is 19.2 Å². The SMILES string of the molecule is COCCn1c(COc2ccccc2-c2ccccc2)nnc1SCC(=O)NCc1ccc(Cl)cc1. The van der Waals surface area contributed by atoms with Crippen LogP contribution in [0.2, 0.25) is 5.02 Å². The number of carbonyl (C=O) groups is 1. The number of benzene rings is 3. The molecule has 0 saturated heterocycles. The van der Waals surface area contributed by atoms with Crippen molar-refractivity contribution in [1.29, 1.82) is 0 Å². The quantitative estimate of drug-likeness (QED) is 0.257. The summed E-state index contributed by atoms with van der Waals surface area (Å²) in [6.45, 7) is 1.72. The van der Waals surface area contributed by atoms with Gasteiger partial charge in [-0.1, -0.05) is 84.0 Å². The Kier molecular flexibility index (Phi) is 9.38. The van der Waals surface area contributed by atoms with Crippen LogP contribution in [-0.2, 0) is 29.2 Å². The molecule has 0 aliphatic carbocycles. The number of aromatic nitrogens is 3. The fourth-order valence-corrected chi connectivity index (χ4v) is 4.45. The molecule has 1 N–H and O–H groups in total. The maximum absolute atomic E-state index is 12.4. The Balaban J connectivity index is 1.39. The third kappa shape index (κ3) is 7.10. The number of thioether (sulfide) groups is 1. The summed E-state index contributed by atoms with van der Waals surface area (Å²) in [5.41, 5.74) is 3.07. The largest absolute Gasteiger partial charge is 0.485 e. The summed E-state index contributed by atoms with van der Waals surface area (Å²) in [5.74, 6) is 1.56. The normalized spacial score (nSPS) is 10.8. The molecule has 36 heavy (non-hydrogen) atoms. The Hall–Kier alpha value is -3.33. The maximum atomic E-state index is 12.4. The van der Waals surface area contributed by atoms with E-state index < -0.39 is 0 Å². The second-order valence-electron chi connectivity index (χ2n) is 7.89. The number of hydrogen-bond donors (Lipinski definition) is 1. The van der Waals surface area contributed by atoms with Crippen molar-refractivity contribution in [1.82, 2.24) is 20.1 Å². The number of nitrogens with one attached hydrogen (secondary N) is 1. The third-order valence-corrected chi connectivity index (χ3v) is 6.60. The summed E-state index contributed by atoms with van der Waals surface area (Å²) in [7, 11) is 1.65. The van der Waals surface area contributed by atoms with E-state index in [1.165, 1.54) is 11.8 Å². The number of carbonyl (C=O) groups excluding carboxylic acids is 1. The fourth-order valence-electron chi connectivity index (χ4n) is 3.51. The van der Waals surface area contributed by atoms with Crippen molar-refractivity contribution in [2.45, 2.75) is 24.9 Å². The predicted octanol–water partition coefficient (Wildman–Crippen LogP) is 5.23. The van der Waals surface area contributed by atoms with Crippen molar-refractivity contribution in [3.63, 3.8) is 0 Å². The molecule has 0 fully saturated rings. The van der Waals surface area contributed by atoms with Crippen LogP contribution in [0.1, 0.15) is 11.4 Å². The van der Waals surface area contributed by atoms with Crippen LogP contribution in [0.4, 0.5) is 0 Å². The molecule has 0 radical (unpaired) electrons. The molecule has 4 aromatic rings. The number of nitrogens with zero attached hydrogens (tertiary/aromatic N) is 3. The highest BCUT2D eigenvalue weighted by molar-refractivity contribution is 7.99. The van der Waals surface area contributed by atoms with Crippen LogP contribution < -0.4 is 10.1 Å². The molecule has 1 heterocycles. The molecule has 1 amide bonds. The average molecular weight is 523 g/mol. The first-order chi connectivity index (χ1) is 17.6. The second-order valence-corrected chi connectivity index (χ2v) is 9.26. The molecule has 0 spiro atoms. The van der Waals surface area contributed by atoms with E-state index in [9.17, 15) is 4.79 Å². The molecule has 0 saturated carbocycles. The Labute approximate surface area is 219 Å². The van der Waals surface area contributed by atoms with E-state index in [0.717, 1.165) is 22.4 Å². The van der Waals surface area contributed by atoms with Gasteiger partial charge in [0.15, 0.2) is 11.0 Å². The molecule has 7 nitrogen and oxygen atoms in total. The van der Waals surface area contributed by atoms with E-state index in [2.05, 4.69) is 27.6 Å². The molecule has 186 valence electrons. The molecule has 4 rings (SSSR count). The van der Waals surface area contributed by atoms with Crippen LogP contribution >= 0.6 is 23.4 Å². The second kappa shape index (κ2) is 13.1. The average Bonchev–Trinajstić information content (AvgIpc) is 3.31. The number of rotatable bonds is 12. The highest BCUT2D eigenvalue weighted by atomic mass is 35.5. The van der Waals surface area contributed by atoms with Crippen LogP contribution in [-0.4, -0.2) is 40.1 Å². The lowest BCUT2D eigenvalue weighted by atomic mass is 10.1. The molecule has 0 aliphatic heterocycles. The minimum absolute atomic E-state index is 0.0918. The Morgan fingerprint density at radius 2 is 1.75 bits per heavy atom. The highest BCUT2D eigenvalue weighted by Gasteiger charge is 2.16. The van der Waals surface area contributed by atoms with Gasteiger partial charge in [0, 0.05) is 30.8 Å². The van der Waals surface area contributed by atoms with Gasteiger partial charge in [-0.25, -0.2) is 0 Å². The summed E-state index contributed by atoms with van der Waals surface area (Å²) in [5, 5.41) is 12.9. The zero-order valence-electron chi connectivity index (χ0n) is 19.9. The standard InChI is InChI=1S/C27H27ClN4O3S/c1-34-16-15-32-25(18-35-24-10-6-5-9-23(24)21-7-3-2-4-8-21)30-31-27(32)36-19-26(33)29-17-20-11-13-22(28)14-12-20/h2-14H,15-19H2,1H3,(H,29,33). The monoisotopic (exact) mass is 522 g/mol. The number of hydrogen-bond acceptors (Lipinski definition) is 6. The number of ether oxygens (including phenoxy) is 2. The lowest BCUT2D eigenvalue weighted by molar-refractivity contribution is -0.118. The Morgan fingerprint density at radius 1 is 1.00 bits per heavy atom. The molecule has 1 aromatic heterocycles. The van der Waals surface area contributed by atoms with Crippen molar-refractivity contribution in [3.8, 4) is 16.9 Å². The minimum atomic E-state index is -0.0918. The van der Waals surface area contributed by atoms with Crippen LogP contribution in [0.15, 0.2) is 84.0 Å². The molecule has 9 heteroatoms. The van der Waals surface area contributed by atoms with Crippen LogP contribution in [0.3, 0.4) is 0 Å². The zero-order valence-corrected chi connectivity index (χ0v) is 21.5. The van der Waals surface area contributed by atoms with Gasteiger partial charge in [-0.15, -0.1) is 10.2 Å². The van der Waals surface area contributed by atoms with Crippen molar-refractivity contribution in [2.75, 3.05) is 19.5 Å². The Bertz CT molecular complexity index is 1270. The molecule has 0 aliphatic rings. The molecule has 0 bridgehead atoms. The van der Waals surface area contributed by atoms with Crippen molar-refractivity contribution in [3.05, 3.63) is 95.3 Å². The third-order valence-electron chi connectivity index (χ3n) is 5.38. The number of halogens is 1. The first-order valence-electron chi connectivity index (χ1n) is 11.5. The lowest BCUT2D eigenvalue weighted by Gasteiger charge is -2.13. The van der Waals surface area contributed by atoms with E-state index in [0.29, 0.717) is 35.7 Å². The number of methoxy groups -OCH3 is 1. The molecular weight excluding hydrogens is 496 g/mol. The summed E-state index contributed by atoms with van der Waals surface area (Å²) >= 11 is 7.24. The van der Waals surface area contributed by atoms with E-state index in [4.69, 9.17) is 21.1 Å². The van der Waals surface area contributed by atoms with Crippen molar-refractivity contribution in [2.24, 2.45) is 0 Å². The van der Waals surface area contributed by atoms with Gasteiger partial charge in [0.1, 0.15) is 12.4 Å². The minimum Gasteiger partial charge on any atom is -0.485 e. The molecular formula is C27H27ClN4O3S. The van der Waals surface area contributed by atoms with Gasteiger partial charge < -0.3 is 19.4 Å². The van der Waals surface area contributed by atoms with Crippen molar-refractivity contribution >= 4 is 29.3 Å². The van der Waals surface area contributed by atoms with E-state index in [-0.39, 0.29) is 18.3 Å². The smallest absolute Gasteiger partial charge is 0.230 e. The summed E-state index contributed by atoms with van der Waals surface area (Å²) in [6.07, 6.45) is 0. The van der Waals surface area contributed by atoms with E-state index >= 15 is 0 Å². The first-order valence-corrected chi connectivity index (χ1v) is 12.8. The van der Waals surface area contributed by atoms with Gasteiger partial charge in [0.05, 0.1) is 12.4 Å². The van der Waals surface area contributed by atoms with Gasteiger partial charge in [-0.3, -0.25) is 4.79 Å². The van der Waals surface area contributed by atoms with Crippen LogP contribution in [0, 0.1) is 0 Å². The first kappa shape index (κ1) is 25.8. The number of amides is 1.